The molecular formula is C21H27N5O2. The molecule has 148 valence electrons. The van der Waals surface area contributed by atoms with Gasteiger partial charge in [0.25, 0.3) is 0 Å². The van der Waals surface area contributed by atoms with Crippen LogP contribution >= 0.6 is 0 Å². The number of amides is 1. The number of benzene rings is 1. The Hall–Kier alpha value is -2.41. The number of fused-ring (bicyclic) bond motifs is 3. The van der Waals surface area contributed by atoms with Gasteiger partial charge >= 0.3 is 0 Å². The molecule has 1 saturated carbocycles. The third-order valence-electron chi connectivity index (χ3n) is 6.25. The molecule has 4 unspecified atom stereocenters. The first-order chi connectivity index (χ1) is 13.7. The standard InChI is InChI=1S/C21H27N5O2/c27-21(22-16-6-7-16)20-13-25-9-8-15(20)10-18(25)12-26-11-17(23-24-26)14-28-19-4-2-1-3-5-19/h1-5,11,15-16,18,20H,6-10,12-14H2,(H,22,27). The van der Waals surface area contributed by atoms with E-state index in [4.69, 9.17) is 4.74 Å². The molecule has 2 bridgehead atoms. The molecule has 7 heteroatoms. The number of nitrogens with one attached hydrogen (secondary N) is 1. The number of rotatable bonds is 7. The Labute approximate surface area is 165 Å². The van der Waals surface area contributed by atoms with Crippen LogP contribution in [0.15, 0.2) is 36.5 Å². The summed E-state index contributed by atoms with van der Waals surface area (Å²) >= 11 is 0. The van der Waals surface area contributed by atoms with Crippen LogP contribution in [0.2, 0.25) is 0 Å². The number of nitrogens with zero attached hydrogens (tertiary/aromatic N) is 4. The molecule has 3 aliphatic heterocycles. The van der Waals surface area contributed by atoms with Crippen molar-refractivity contribution in [3.63, 3.8) is 0 Å². The van der Waals surface area contributed by atoms with Crippen LogP contribution < -0.4 is 10.1 Å². The fourth-order valence-corrected chi connectivity index (χ4v) is 4.54. The van der Waals surface area contributed by atoms with Gasteiger partial charge in [0.2, 0.25) is 5.91 Å². The van der Waals surface area contributed by atoms with E-state index < -0.39 is 0 Å². The average molecular weight is 381 g/mol. The van der Waals surface area contributed by atoms with E-state index in [1.807, 2.05) is 41.2 Å². The second kappa shape index (κ2) is 7.54. The highest BCUT2D eigenvalue weighted by atomic mass is 16.5. The largest absolute Gasteiger partial charge is 0.487 e. The summed E-state index contributed by atoms with van der Waals surface area (Å²) < 4.78 is 7.68. The number of hydrogen-bond donors (Lipinski definition) is 1. The third kappa shape index (κ3) is 3.90. The summed E-state index contributed by atoms with van der Waals surface area (Å²) in [7, 11) is 0. The average Bonchev–Trinajstić information content (AvgIpc) is 3.44. The maximum atomic E-state index is 12.5. The Morgan fingerprint density at radius 1 is 1.21 bits per heavy atom. The Bertz CT molecular complexity index is 819. The van der Waals surface area contributed by atoms with Crippen LogP contribution in [0.1, 0.15) is 31.4 Å². The van der Waals surface area contributed by atoms with Crippen LogP contribution in [0, 0.1) is 11.8 Å². The Kier molecular flexibility index (Phi) is 4.76. The lowest BCUT2D eigenvalue weighted by Crippen LogP contribution is -2.58. The second-order valence-electron chi connectivity index (χ2n) is 8.36. The minimum atomic E-state index is 0.163. The lowest BCUT2D eigenvalue weighted by Gasteiger charge is -2.49. The fourth-order valence-electron chi connectivity index (χ4n) is 4.54. The van der Waals surface area contributed by atoms with Gasteiger partial charge < -0.3 is 10.1 Å². The van der Waals surface area contributed by atoms with E-state index in [-0.39, 0.29) is 11.8 Å². The number of piperidine rings is 3. The normalized spacial score (nSPS) is 28.9. The molecule has 1 N–H and O–H groups in total. The van der Waals surface area contributed by atoms with Gasteiger partial charge in [0.05, 0.1) is 18.7 Å². The summed E-state index contributed by atoms with van der Waals surface area (Å²) in [5, 5.41) is 11.7. The van der Waals surface area contributed by atoms with Gasteiger partial charge in [0, 0.05) is 18.6 Å². The summed E-state index contributed by atoms with van der Waals surface area (Å²) in [5.41, 5.74) is 0.835. The summed E-state index contributed by atoms with van der Waals surface area (Å²) in [5.74, 6) is 1.77. The zero-order chi connectivity index (χ0) is 18.9. The molecule has 4 fully saturated rings. The van der Waals surface area contributed by atoms with E-state index in [1.54, 1.807) is 0 Å². The molecule has 1 aromatic carbocycles. The SMILES string of the molecule is O=C(NC1CC1)C1CN2CCC1CC2Cn1cc(COc2ccccc2)nn1. The van der Waals surface area contributed by atoms with Crippen molar-refractivity contribution in [1.82, 2.24) is 25.2 Å². The van der Waals surface area contributed by atoms with Gasteiger partial charge in [0.1, 0.15) is 18.1 Å². The van der Waals surface area contributed by atoms with Gasteiger partial charge in [-0.05, 0) is 50.3 Å². The Morgan fingerprint density at radius 2 is 2.07 bits per heavy atom. The molecule has 28 heavy (non-hydrogen) atoms. The topological polar surface area (TPSA) is 72.3 Å². The lowest BCUT2D eigenvalue weighted by molar-refractivity contribution is -0.133. The number of para-hydroxylation sites is 1. The summed E-state index contributed by atoms with van der Waals surface area (Å²) in [4.78, 5) is 15.0. The zero-order valence-corrected chi connectivity index (χ0v) is 16.0. The second-order valence-corrected chi connectivity index (χ2v) is 8.36. The van der Waals surface area contributed by atoms with Gasteiger partial charge in [-0.25, -0.2) is 0 Å². The van der Waals surface area contributed by atoms with Crippen LogP contribution in [-0.2, 0) is 17.9 Å². The first kappa shape index (κ1) is 17.7. The predicted molar refractivity (Wildman–Crippen MR) is 104 cm³/mol. The quantitative estimate of drug-likeness (QED) is 0.792. The smallest absolute Gasteiger partial charge is 0.224 e. The van der Waals surface area contributed by atoms with Crippen molar-refractivity contribution < 1.29 is 9.53 Å². The molecule has 0 spiro atoms. The van der Waals surface area contributed by atoms with Gasteiger partial charge in [-0.1, -0.05) is 23.4 Å². The number of carbonyl (C=O) groups excluding carboxylic acids is 1. The monoisotopic (exact) mass is 381 g/mol. The van der Waals surface area contributed by atoms with Gasteiger partial charge in [-0.15, -0.1) is 5.10 Å². The third-order valence-corrected chi connectivity index (χ3v) is 6.25. The van der Waals surface area contributed by atoms with Gasteiger partial charge in [-0.3, -0.25) is 14.4 Å². The minimum absolute atomic E-state index is 0.163. The first-order valence-corrected chi connectivity index (χ1v) is 10.4. The van der Waals surface area contributed by atoms with Crippen molar-refractivity contribution in [2.24, 2.45) is 11.8 Å². The molecule has 3 saturated heterocycles. The zero-order valence-electron chi connectivity index (χ0n) is 16.0. The highest BCUT2D eigenvalue weighted by Gasteiger charge is 2.44. The van der Waals surface area contributed by atoms with E-state index in [1.165, 1.54) is 0 Å². The van der Waals surface area contributed by atoms with E-state index in [9.17, 15) is 4.79 Å². The molecule has 2 aromatic rings. The Morgan fingerprint density at radius 3 is 2.82 bits per heavy atom. The van der Waals surface area contributed by atoms with E-state index in [2.05, 4.69) is 20.5 Å². The van der Waals surface area contributed by atoms with E-state index in [0.717, 1.165) is 56.8 Å². The molecule has 1 amide bonds. The van der Waals surface area contributed by atoms with Crippen LogP contribution in [0.5, 0.6) is 5.75 Å². The number of carbonyl (C=O) groups is 1. The predicted octanol–water partition coefficient (Wildman–Crippen LogP) is 1.85. The minimum Gasteiger partial charge on any atom is -0.487 e. The van der Waals surface area contributed by atoms with E-state index in [0.29, 0.717) is 24.6 Å². The van der Waals surface area contributed by atoms with E-state index >= 15 is 0 Å². The molecule has 6 rings (SSSR count). The summed E-state index contributed by atoms with van der Waals surface area (Å²) in [6.45, 7) is 3.21. The maximum absolute atomic E-state index is 12.5. The van der Waals surface area contributed by atoms with Gasteiger partial charge in [0.15, 0.2) is 0 Å². The van der Waals surface area contributed by atoms with Crippen molar-refractivity contribution in [1.29, 1.82) is 0 Å². The Balaban J connectivity index is 1.15. The molecule has 0 radical (unpaired) electrons. The van der Waals surface area contributed by atoms with Crippen LogP contribution in [0.3, 0.4) is 0 Å². The molecule has 1 aromatic heterocycles. The highest BCUT2D eigenvalue weighted by molar-refractivity contribution is 5.80. The molecule has 4 heterocycles. The van der Waals surface area contributed by atoms with Crippen molar-refractivity contribution in [2.45, 2.75) is 50.9 Å². The van der Waals surface area contributed by atoms with Crippen LogP contribution in [-0.4, -0.2) is 51.0 Å². The summed E-state index contributed by atoms with van der Waals surface area (Å²) in [6.07, 6.45) is 6.48. The first-order valence-electron chi connectivity index (χ1n) is 10.4. The van der Waals surface area contributed by atoms with Crippen molar-refractivity contribution >= 4 is 5.91 Å². The highest BCUT2D eigenvalue weighted by Crippen LogP contribution is 2.37. The molecule has 1 aliphatic carbocycles. The van der Waals surface area contributed by atoms with Crippen molar-refractivity contribution in [3.8, 4) is 5.75 Å². The fraction of sp³-hybridized carbons (Fsp3) is 0.571. The van der Waals surface area contributed by atoms with Gasteiger partial charge in [-0.2, -0.15) is 0 Å². The van der Waals surface area contributed by atoms with Crippen molar-refractivity contribution in [3.05, 3.63) is 42.2 Å². The lowest BCUT2D eigenvalue weighted by atomic mass is 9.75. The van der Waals surface area contributed by atoms with Crippen LogP contribution in [0.4, 0.5) is 0 Å². The molecule has 4 atom stereocenters. The number of ether oxygens (including phenoxy) is 1. The number of hydrogen-bond acceptors (Lipinski definition) is 5. The molecule has 4 aliphatic rings. The summed E-state index contributed by atoms with van der Waals surface area (Å²) in [6, 6.07) is 10.6. The van der Waals surface area contributed by atoms with Crippen molar-refractivity contribution in [2.75, 3.05) is 13.1 Å². The molecular weight excluding hydrogens is 354 g/mol. The number of aromatic nitrogens is 3. The maximum Gasteiger partial charge on any atom is 0.224 e. The van der Waals surface area contributed by atoms with Crippen LogP contribution in [0.25, 0.3) is 0 Å². The molecule has 7 nitrogen and oxygen atoms in total.